The third kappa shape index (κ3) is 3.23. The smallest absolute Gasteiger partial charge is 0.124 e. The number of hydrogen-bond acceptors (Lipinski definition) is 1. The average Bonchev–Trinajstić information content (AvgIpc) is 2.33. The molecule has 0 bridgehead atoms. The molecular weight excluding hydrogens is 305 g/mol. The van der Waals surface area contributed by atoms with Crippen LogP contribution in [0.4, 0.5) is 4.39 Å². The molecule has 0 fully saturated rings. The van der Waals surface area contributed by atoms with Crippen molar-refractivity contribution in [3.63, 3.8) is 0 Å². The number of halogens is 2. The zero-order valence-electron chi connectivity index (χ0n) is 11.3. The maximum absolute atomic E-state index is 13.5. The van der Waals surface area contributed by atoms with Gasteiger partial charge in [0.05, 0.1) is 6.04 Å². The summed E-state index contributed by atoms with van der Waals surface area (Å²) in [5, 5.41) is 3.25. The van der Waals surface area contributed by atoms with Crippen molar-refractivity contribution in [1.29, 1.82) is 0 Å². The molecular formula is C16H17BrFN. The van der Waals surface area contributed by atoms with Crippen LogP contribution in [0.2, 0.25) is 0 Å². The van der Waals surface area contributed by atoms with Crippen molar-refractivity contribution >= 4 is 15.9 Å². The Balaban J connectivity index is 2.46. The third-order valence-electron chi connectivity index (χ3n) is 3.37. The average molecular weight is 322 g/mol. The fourth-order valence-corrected chi connectivity index (χ4v) is 2.69. The van der Waals surface area contributed by atoms with Crippen molar-refractivity contribution in [1.82, 2.24) is 5.32 Å². The van der Waals surface area contributed by atoms with E-state index in [0.717, 1.165) is 15.6 Å². The molecule has 0 aliphatic carbocycles. The van der Waals surface area contributed by atoms with Crippen LogP contribution in [0.1, 0.15) is 28.3 Å². The summed E-state index contributed by atoms with van der Waals surface area (Å²) in [4.78, 5) is 0. The van der Waals surface area contributed by atoms with Crippen LogP contribution in [0.3, 0.4) is 0 Å². The predicted molar refractivity (Wildman–Crippen MR) is 80.9 cm³/mol. The Morgan fingerprint density at radius 1 is 1.00 bits per heavy atom. The summed E-state index contributed by atoms with van der Waals surface area (Å²) in [6.07, 6.45) is 0. The minimum absolute atomic E-state index is 0.00806. The molecule has 2 aromatic rings. The van der Waals surface area contributed by atoms with Gasteiger partial charge in [-0.15, -0.1) is 0 Å². The largest absolute Gasteiger partial charge is 0.309 e. The van der Waals surface area contributed by atoms with Gasteiger partial charge in [-0.2, -0.15) is 0 Å². The van der Waals surface area contributed by atoms with Crippen molar-refractivity contribution in [2.75, 3.05) is 7.05 Å². The molecule has 0 heterocycles. The van der Waals surface area contributed by atoms with Gasteiger partial charge in [-0.25, -0.2) is 4.39 Å². The minimum Gasteiger partial charge on any atom is -0.309 e. The lowest BCUT2D eigenvalue weighted by Gasteiger charge is -2.19. The van der Waals surface area contributed by atoms with E-state index in [1.54, 1.807) is 6.07 Å². The molecule has 1 nitrogen and oxygen atoms in total. The highest BCUT2D eigenvalue weighted by atomic mass is 79.9. The first-order chi connectivity index (χ1) is 9.01. The van der Waals surface area contributed by atoms with Crippen LogP contribution in [0.25, 0.3) is 0 Å². The molecule has 0 radical (unpaired) electrons. The van der Waals surface area contributed by atoms with Crippen LogP contribution >= 0.6 is 15.9 Å². The zero-order chi connectivity index (χ0) is 14.0. The topological polar surface area (TPSA) is 12.0 Å². The van der Waals surface area contributed by atoms with Crippen molar-refractivity contribution < 1.29 is 4.39 Å². The second kappa shape index (κ2) is 5.85. The van der Waals surface area contributed by atoms with E-state index in [9.17, 15) is 4.39 Å². The van der Waals surface area contributed by atoms with Gasteiger partial charge >= 0.3 is 0 Å². The SMILES string of the molecule is CNC(c1cc(F)cc(Br)c1)c1ccc(C)c(C)c1. The van der Waals surface area contributed by atoms with E-state index in [1.807, 2.05) is 13.1 Å². The van der Waals surface area contributed by atoms with Gasteiger partial charge in [0.15, 0.2) is 0 Å². The Morgan fingerprint density at radius 2 is 1.74 bits per heavy atom. The Kier molecular flexibility index (Phi) is 4.38. The highest BCUT2D eigenvalue weighted by Gasteiger charge is 2.14. The Morgan fingerprint density at radius 3 is 2.32 bits per heavy atom. The van der Waals surface area contributed by atoms with Crippen molar-refractivity contribution in [2.24, 2.45) is 0 Å². The van der Waals surface area contributed by atoms with Crippen molar-refractivity contribution in [2.45, 2.75) is 19.9 Å². The van der Waals surface area contributed by atoms with E-state index in [-0.39, 0.29) is 11.9 Å². The highest BCUT2D eigenvalue weighted by molar-refractivity contribution is 9.10. The van der Waals surface area contributed by atoms with Crippen molar-refractivity contribution in [3.05, 3.63) is 68.9 Å². The molecule has 0 amide bonds. The van der Waals surface area contributed by atoms with Gasteiger partial charge in [-0.3, -0.25) is 0 Å². The van der Waals surface area contributed by atoms with Crippen LogP contribution in [0.15, 0.2) is 40.9 Å². The Bertz CT molecular complexity index is 575. The van der Waals surface area contributed by atoms with Gasteiger partial charge in [0.2, 0.25) is 0 Å². The zero-order valence-corrected chi connectivity index (χ0v) is 12.9. The van der Waals surface area contributed by atoms with Crippen LogP contribution < -0.4 is 5.32 Å². The van der Waals surface area contributed by atoms with Crippen molar-refractivity contribution in [3.8, 4) is 0 Å². The molecule has 1 N–H and O–H groups in total. The van der Waals surface area contributed by atoms with Crippen LogP contribution in [-0.2, 0) is 0 Å². The summed E-state index contributed by atoms with van der Waals surface area (Å²) in [7, 11) is 1.89. The van der Waals surface area contributed by atoms with E-state index in [4.69, 9.17) is 0 Å². The van der Waals surface area contributed by atoms with Gasteiger partial charge in [-0.05, 0) is 61.3 Å². The molecule has 0 aromatic heterocycles. The fraction of sp³-hybridized carbons (Fsp3) is 0.250. The first-order valence-corrected chi connectivity index (χ1v) is 7.01. The van der Waals surface area contributed by atoms with Gasteiger partial charge in [0.1, 0.15) is 5.82 Å². The quantitative estimate of drug-likeness (QED) is 0.876. The van der Waals surface area contributed by atoms with E-state index >= 15 is 0 Å². The van der Waals surface area contributed by atoms with Crippen LogP contribution in [0, 0.1) is 19.7 Å². The molecule has 1 atom stereocenters. The van der Waals surface area contributed by atoms with E-state index < -0.39 is 0 Å². The molecule has 2 rings (SSSR count). The molecule has 19 heavy (non-hydrogen) atoms. The maximum atomic E-state index is 13.5. The summed E-state index contributed by atoms with van der Waals surface area (Å²) in [6, 6.07) is 11.3. The van der Waals surface area contributed by atoms with Gasteiger partial charge in [-0.1, -0.05) is 34.1 Å². The second-order valence-corrected chi connectivity index (χ2v) is 5.68. The lowest BCUT2D eigenvalue weighted by Crippen LogP contribution is -2.18. The monoisotopic (exact) mass is 321 g/mol. The number of benzene rings is 2. The molecule has 0 spiro atoms. The summed E-state index contributed by atoms with van der Waals surface area (Å²) in [5.41, 5.74) is 4.56. The summed E-state index contributed by atoms with van der Waals surface area (Å²) in [6.45, 7) is 4.18. The molecule has 0 aliphatic heterocycles. The van der Waals surface area contributed by atoms with Gasteiger partial charge in [0, 0.05) is 4.47 Å². The number of aryl methyl sites for hydroxylation is 2. The Hall–Kier alpha value is -1.19. The lowest BCUT2D eigenvalue weighted by atomic mass is 9.96. The molecule has 0 saturated heterocycles. The first kappa shape index (κ1) is 14.2. The first-order valence-electron chi connectivity index (χ1n) is 6.21. The van der Waals surface area contributed by atoms with Gasteiger partial charge < -0.3 is 5.32 Å². The lowest BCUT2D eigenvalue weighted by molar-refractivity contribution is 0.615. The molecule has 2 aromatic carbocycles. The van der Waals surface area contributed by atoms with Crippen LogP contribution in [-0.4, -0.2) is 7.05 Å². The standard InChI is InChI=1S/C16H17BrFN/c1-10-4-5-12(6-11(10)2)16(19-3)13-7-14(17)9-15(18)8-13/h4-9,16,19H,1-3H3. The Labute approximate surface area is 122 Å². The van der Waals surface area contributed by atoms with E-state index in [1.165, 1.54) is 17.2 Å². The summed E-state index contributed by atoms with van der Waals surface area (Å²) >= 11 is 3.34. The van der Waals surface area contributed by atoms with Gasteiger partial charge in [0.25, 0.3) is 0 Å². The maximum Gasteiger partial charge on any atom is 0.124 e. The number of rotatable bonds is 3. The molecule has 100 valence electrons. The molecule has 0 aliphatic rings. The summed E-state index contributed by atoms with van der Waals surface area (Å²) < 4.78 is 14.3. The third-order valence-corrected chi connectivity index (χ3v) is 3.83. The fourth-order valence-electron chi connectivity index (χ4n) is 2.21. The van der Waals surface area contributed by atoms with E-state index in [0.29, 0.717) is 0 Å². The minimum atomic E-state index is -0.228. The molecule has 1 unspecified atom stereocenters. The van der Waals surface area contributed by atoms with Crippen LogP contribution in [0.5, 0.6) is 0 Å². The highest BCUT2D eigenvalue weighted by Crippen LogP contribution is 2.26. The molecule has 3 heteroatoms. The second-order valence-electron chi connectivity index (χ2n) is 4.77. The predicted octanol–water partition coefficient (Wildman–Crippen LogP) is 4.51. The van der Waals surface area contributed by atoms with E-state index in [2.05, 4.69) is 53.3 Å². The number of hydrogen-bond donors (Lipinski definition) is 1. The normalized spacial score (nSPS) is 12.5. The summed E-state index contributed by atoms with van der Waals surface area (Å²) in [5.74, 6) is -0.228. The number of nitrogens with one attached hydrogen (secondary N) is 1. The molecule has 0 saturated carbocycles.